The van der Waals surface area contributed by atoms with Crippen LogP contribution in [0.4, 0.5) is 5.69 Å². The second kappa shape index (κ2) is 5.78. The van der Waals surface area contributed by atoms with Gasteiger partial charge in [0.1, 0.15) is 11.3 Å². The quantitative estimate of drug-likeness (QED) is 0.354. The highest BCUT2D eigenvalue weighted by Crippen LogP contribution is 2.36. The summed E-state index contributed by atoms with van der Waals surface area (Å²) in [5.74, 6) is 0.745. The topological polar surface area (TPSA) is 42.7 Å². The van der Waals surface area contributed by atoms with Crippen molar-refractivity contribution in [3.63, 3.8) is 0 Å². The molecule has 0 spiro atoms. The molecule has 5 rings (SSSR count). The van der Waals surface area contributed by atoms with Gasteiger partial charge in [0, 0.05) is 16.1 Å². The van der Waals surface area contributed by atoms with Crippen molar-refractivity contribution in [2.45, 2.75) is 6.54 Å². The summed E-state index contributed by atoms with van der Waals surface area (Å²) >= 11 is 6.12. The number of fused-ring (bicyclic) bond motifs is 5. The Hall–Kier alpha value is -2.98. The lowest BCUT2D eigenvalue weighted by Gasteiger charge is -2.31. The second-order valence-corrected chi connectivity index (χ2v) is 6.74. The molecule has 0 saturated heterocycles. The van der Waals surface area contributed by atoms with Gasteiger partial charge in [-0.2, -0.15) is 0 Å². The average molecular weight is 364 g/mol. The maximum atomic E-state index is 12.4. The van der Waals surface area contributed by atoms with Crippen LogP contribution < -0.4 is 15.3 Å². The molecule has 0 fully saturated rings. The van der Waals surface area contributed by atoms with Gasteiger partial charge in [-0.25, -0.2) is 4.79 Å². The monoisotopic (exact) mass is 363 g/mol. The van der Waals surface area contributed by atoms with Gasteiger partial charge in [-0.05, 0) is 41.8 Å². The normalized spacial score (nSPS) is 13.7. The summed E-state index contributed by atoms with van der Waals surface area (Å²) in [5, 5.41) is 3.06. The van der Waals surface area contributed by atoms with E-state index in [-0.39, 0.29) is 5.63 Å². The van der Waals surface area contributed by atoms with E-state index in [4.69, 9.17) is 20.8 Å². The van der Waals surface area contributed by atoms with E-state index in [9.17, 15) is 4.79 Å². The maximum absolute atomic E-state index is 12.4. The molecule has 4 nitrogen and oxygen atoms in total. The zero-order chi connectivity index (χ0) is 17.7. The van der Waals surface area contributed by atoms with Crippen molar-refractivity contribution in [2.24, 2.45) is 0 Å². The molecule has 1 aromatic heterocycles. The predicted molar refractivity (Wildman–Crippen MR) is 103 cm³/mol. The van der Waals surface area contributed by atoms with Crippen molar-refractivity contribution in [1.82, 2.24) is 0 Å². The van der Waals surface area contributed by atoms with Crippen LogP contribution in [-0.4, -0.2) is 6.73 Å². The van der Waals surface area contributed by atoms with Gasteiger partial charge in [0.2, 0.25) is 0 Å². The van der Waals surface area contributed by atoms with Crippen LogP contribution in [0.3, 0.4) is 0 Å². The first-order valence-corrected chi connectivity index (χ1v) is 8.69. The highest BCUT2D eigenvalue weighted by atomic mass is 35.5. The maximum Gasteiger partial charge on any atom is 0.344 e. The van der Waals surface area contributed by atoms with E-state index in [1.54, 1.807) is 6.07 Å². The summed E-state index contributed by atoms with van der Waals surface area (Å²) in [7, 11) is 0. The zero-order valence-corrected chi connectivity index (χ0v) is 14.5. The van der Waals surface area contributed by atoms with Gasteiger partial charge in [0.25, 0.3) is 0 Å². The SMILES string of the molecule is O=c1oc2c3c(ccc2c2ccccc12)OCN(c1cccc(Cl)c1)C3. The third kappa shape index (κ3) is 2.34. The Balaban J connectivity index is 1.71. The van der Waals surface area contributed by atoms with Crippen LogP contribution in [0.15, 0.2) is 69.9 Å². The Morgan fingerprint density at radius 1 is 0.923 bits per heavy atom. The van der Waals surface area contributed by atoms with E-state index in [2.05, 4.69) is 4.90 Å². The number of hydrogen-bond acceptors (Lipinski definition) is 4. The number of rotatable bonds is 1. The van der Waals surface area contributed by atoms with Gasteiger partial charge < -0.3 is 14.1 Å². The molecule has 128 valence electrons. The highest BCUT2D eigenvalue weighted by Gasteiger charge is 2.23. The number of nitrogens with zero attached hydrogens (tertiary/aromatic N) is 1. The van der Waals surface area contributed by atoms with Crippen molar-refractivity contribution in [3.05, 3.63) is 81.7 Å². The van der Waals surface area contributed by atoms with Crippen molar-refractivity contribution >= 4 is 39.0 Å². The van der Waals surface area contributed by atoms with E-state index in [0.29, 0.717) is 29.3 Å². The van der Waals surface area contributed by atoms with Gasteiger partial charge in [0.05, 0.1) is 17.5 Å². The number of halogens is 1. The number of ether oxygens (including phenoxy) is 1. The molecule has 0 unspecified atom stereocenters. The number of hydrogen-bond donors (Lipinski definition) is 0. The number of benzene rings is 3. The Morgan fingerprint density at radius 2 is 1.77 bits per heavy atom. The molecule has 3 aromatic carbocycles. The molecular formula is C21H14ClNO3. The summed E-state index contributed by atoms with van der Waals surface area (Å²) in [6.45, 7) is 0.991. The van der Waals surface area contributed by atoms with Crippen LogP contribution in [0.1, 0.15) is 5.56 Å². The lowest BCUT2D eigenvalue weighted by molar-refractivity contribution is 0.289. The number of anilines is 1. The fourth-order valence-electron chi connectivity index (χ4n) is 3.49. The lowest BCUT2D eigenvalue weighted by Crippen LogP contribution is -2.32. The van der Waals surface area contributed by atoms with Crippen LogP contribution in [0, 0.1) is 0 Å². The van der Waals surface area contributed by atoms with Crippen LogP contribution in [0.2, 0.25) is 5.02 Å². The van der Waals surface area contributed by atoms with Crippen molar-refractivity contribution in [2.75, 3.05) is 11.6 Å². The molecule has 0 bridgehead atoms. The molecule has 0 saturated carbocycles. The van der Waals surface area contributed by atoms with Crippen molar-refractivity contribution in [1.29, 1.82) is 0 Å². The lowest BCUT2D eigenvalue weighted by atomic mass is 10.0. The largest absolute Gasteiger partial charge is 0.473 e. The summed E-state index contributed by atoms with van der Waals surface area (Å²) < 4.78 is 11.6. The van der Waals surface area contributed by atoms with Gasteiger partial charge in [-0.3, -0.25) is 0 Å². The second-order valence-electron chi connectivity index (χ2n) is 6.31. The van der Waals surface area contributed by atoms with E-state index < -0.39 is 0 Å². The Morgan fingerprint density at radius 3 is 2.62 bits per heavy atom. The molecule has 4 aromatic rings. The van der Waals surface area contributed by atoms with E-state index in [0.717, 1.165) is 27.8 Å². The molecule has 0 amide bonds. The molecule has 5 heteroatoms. The van der Waals surface area contributed by atoms with E-state index in [1.165, 1.54) is 0 Å². The summed E-state index contributed by atoms with van der Waals surface area (Å²) in [6, 6.07) is 19.0. The molecule has 2 heterocycles. The Bertz CT molecular complexity index is 1210. The standard InChI is InChI=1S/C21H14ClNO3/c22-13-4-3-5-14(10-13)23-11-18-19(25-12-23)9-8-16-15-6-1-2-7-17(15)21(24)26-20(16)18/h1-10H,11-12H2. The molecular weight excluding hydrogens is 350 g/mol. The van der Waals surface area contributed by atoms with Gasteiger partial charge in [-0.15, -0.1) is 0 Å². The van der Waals surface area contributed by atoms with Crippen LogP contribution in [-0.2, 0) is 6.54 Å². The van der Waals surface area contributed by atoms with Crippen molar-refractivity contribution in [3.8, 4) is 5.75 Å². The minimum Gasteiger partial charge on any atom is -0.473 e. The summed E-state index contributed by atoms with van der Waals surface area (Å²) in [5.41, 5.74) is 2.08. The van der Waals surface area contributed by atoms with Crippen LogP contribution >= 0.6 is 11.6 Å². The highest BCUT2D eigenvalue weighted by molar-refractivity contribution is 6.30. The molecule has 0 N–H and O–H groups in total. The van der Waals surface area contributed by atoms with Gasteiger partial charge in [-0.1, -0.05) is 35.9 Å². The predicted octanol–water partition coefficient (Wildman–Crippen LogP) is 4.96. The first kappa shape index (κ1) is 15.3. The fraction of sp³-hybridized carbons (Fsp3) is 0.0952. The Labute approximate surface area is 154 Å². The third-order valence-corrected chi connectivity index (χ3v) is 4.98. The van der Waals surface area contributed by atoms with E-state index in [1.807, 2.05) is 54.6 Å². The van der Waals surface area contributed by atoms with Gasteiger partial charge >= 0.3 is 5.63 Å². The van der Waals surface area contributed by atoms with Gasteiger partial charge in [0.15, 0.2) is 6.73 Å². The average Bonchev–Trinajstić information content (AvgIpc) is 2.68. The summed E-state index contributed by atoms with van der Waals surface area (Å²) in [6.07, 6.45) is 0. The molecule has 1 aliphatic heterocycles. The Kier molecular flexibility index (Phi) is 3.40. The molecule has 26 heavy (non-hydrogen) atoms. The third-order valence-electron chi connectivity index (χ3n) is 4.75. The first-order valence-electron chi connectivity index (χ1n) is 8.31. The van der Waals surface area contributed by atoms with Crippen molar-refractivity contribution < 1.29 is 9.15 Å². The molecule has 1 aliphatic rings. The van der Waals surface area contributed by atoms with Crippen LogP contribution in [0.5, 0.6) is 5.75 Å². The minimum atomic E-state index is -0.332. The minimum absolute atomic E-state index is 0.332. The molecule has 0 atom stereocenters. The fourth-order valence-corrected chi connectivity index (χ4v) is 3.67. The smallest absolute Gasteiger partial charge is 0.344 e. The zero-order valence-electron chi connectivity index (χ0n) is 13.7. The first-order chi connectivity index (χ1) is 12.7. The molecule has 0 radical (unpaired) electrons. The van der Waals surface area contributed by atoms with E-state index >= 15 is 0 Å². The van der Waals surface area contributed by atoms with Crippen LogP contribution in [0.25, 0.3) is 21.7 Å². The molecule has 0 aliphatic carbocycles. The summed E-state index contributed by atoms with van der Waals surface area (Å²) in [4.78, 5) is 14.5.